The van der Waals surface area contributed by atoms with Gasteiger partial charge in [0.25, 0.3) is 5.56 Å². The predicted octanol–water partition coefficient (Wildman–Crippen LogP) is 4.40. The number of rotatable bonds is 4. The smallest absolute Gasteiger partial charge is 0.250 e. The minimum atomic E-state index is -0.205. The minimum absolute atomic E-state index is 0.0159. The molecule has 0 unspecified atom stereocenters. The van der Waals surface area contributed by atoms with Crippen molar-refractivity contribution >= 4 is 34.0 Å². The zero-order valence-corrected chi connectivity index (χ0v) is 16.5. The van der Waals surface area contributed by atoms with Crippen LogP contribution in [0.3, 0.4) is 0 Å². The molecule has 0 amide bonds. The number of aromatic nitrogens is 1. The molecule has 6 heteroatoms. The van der Waals surface area contributed by atoms with Crippen LogP contribution in [0.1, 0.15) is 17.7 Å². The van der Waals surface area contributed by atoms with Crippen molar-refractivity contribution < 1.29 is 9.47 Å². The van der Waals surface area contributed by atoms with Crippen LogP contribution in [0.25, 0.3) is 10.9 Å². The van der Waals surface area contributed by atoms with Crippen LogP contribution in [-0.2, 0) is 22.1 Å². The molecular formula is C20H21NO3S2. The van der Waals surface area contributed by atoms with E-state index in [2.05, 4.69) is 24.3 Å². The van der Waals surface area contributed by atoms with Crippen LogP contribution < -0.4 is 5.56 Å². The van der Waals surface area contributed by atoms with E-state index >= 15 is 0 Å². The zero-order valence-electron chi connectivity index (χ0n) is 14.9. The van der Waals surface area contributed by atoms with Crippen molar-refractivity contribution in [2.75, 3.05) is 20.3 Å². The number of hydrogen-bond donors (Lipinski definition) is 0. The molecule has 1 fully saturated rings. The van der Waals surface area contributed by atoms with Crippen LogP contribution in [-0.4, -0.2) is 24.9 Å². The maximum atomic E-state index is 11.8. The molecule has 0 spiro atoms. The lowest BCUT2D eigenvalue weighted by Gasteiger charge is -2.35. The molecule has 3 aromatic rings. The summed E-state index contributed by atoms with van der Waals surface area (Å²) >= 11 is 3.55. The summed E-state index contributed by atoms with van der Waals surface area (Å²) in [5, 5.41) is 1.08. The molecule has 1 aliphatic rings. The third-order valence-corrected chi connectivity index (χ3v) is 7.43. The SMILES string of the molecule is COC1(c2ccc(Sc3ccc4c(ccc(=O)n4C)c3)s2)CCOCC1. The summed E-state index contributed by atoms with van der Waals surface area (Å²) in [4.78, 5) is 14.2. The van der Waals surface area contributed by atoms with Gasteiger partial charge >= 0.3 is 0 Å². The molecule has 2 aromatic heterocycles. The number of fused-ring (bicyclic) bond motifs is 1. The maximum absolute atomic E-state index is 11.8. The molecule has 4 nitrogen and oxygen atoms in total. The van der Waals surface area contributed by atoms with E-state index in [-0.39, 0.29) is 11.2 Å². The summed E-state index contributed by atoms with van der Waals surface area (Å²) in [6.45, 7) is 1.50. The summed E-state index contributed by atoms with van der Waals surface area (Å²) in [5.41, 5.74) is 0.764. The highest BCUT2D eigenvalue weighted by Crippen LogP contribution is 2.43. The standard InChI is InChI=1S/C20H21NO3S2/c1-21-16-5-4-15(13-14(16)3-7-18(21)22)25-19-8-6-17(26-19)20(23-2)9-11-24-12-10-20/h3-8,13H,9-12H2,1-2H3. The van der Waals surface area contributed by atoms with Gasteiger partial charge in [0, 0.05) is 56.1 Å². The van der Waals surface area contributed by atoms with E-state index < -0.39 is 0 Å². The third-order valence-electron chi connectivity index (χ3n) is 5.04. The van der Waals surface area contributed by atoms with Gasteiger partial charge in [-0.25, -0.2) is 0 Å². The van der Waals surface area contributed by atoms with Crippen molar-refractivity contribution in [3.05, 3.63) is 57.7 Å². The van der Waals surface area contributed by atoms with E-state index in [4.69, 9.17) is 9.47 Å². The molecule has 0 N–H and O–H groups in total. The van der Waals surface area contributed by atoms with Gasteiger partial charge in [-0.2, -0.15) is 0 Å². The number of ether oxygens (including phenoxy) is 2. The fourth-order valence-electron chi connectivity index (χ4n) is 3.41. The lowest BCUT2D eigenvalue weighted by Crippen LogP contribution is -2.34. The van der Waals surface area contributed by atoms with E-state index in [9.17, 15) is 4.79 Å². The molecule has 0 aliphatic carbocycles. The van der Waals surface area contributed by atoms with Gasteiger partial charge < -0.3 is 14.0 Å². The van der Waals surface area contributed by atoms with Gasteiger partial charge in [-0.1, -0.05) is 11.8 Å². The van der Waals surface area contributed by atoms with Gasteiger partial charge in [0.2, 0.25) is 0 Å². The minimum Gasteiger partial charge on any atom is -0.381 e. The summed E-state index contributed by atoms with van der Waals surface area (Å²) in [5.74, 6) is 0. The molecule has 136 valence electrons. The highest BCUT2D eigenvalue weighted by molar-refractivity contribution is 8.01. The van der Waals surface area contributed by atoms with E-state index in [1.54, 1.807) is 47.9 Å². The van der Waals surface area contributed by atoms with Gasteiger partial charge in [-0.05, 0) is 41.8 Å². The number of nitrogens with zero attached hydrogens (tertiary/aromatic N) is 1. The molecule has 0 radical (unpaired) electrons. The first-order valence-corrected chi connectivity index (χ1v) is 10.3. The van der Waals surface area contributed by atoms with E-state index in [1.807, 2.05) is 12.1 Å². The first-order valence-electron chi connectivity index (χ1n) is 8.62. The number of pyridine rings is 1. The van der Waals surface area contributed by atoms with Crippen molar-refractivity contribution in [3.8, 4) is 0 Å². The van der Waals surface area contributed by atoms with E-state index in [0.29, 0.717) is 0 Å². The third kappa shape index (κ3) is 3.22. The number of hydrogen-bond acceptors (Lipinski definition) is 5. The largest absolute Gasteiger partial charge is 0.381 e. The quantitative estimate of drug-likeness (QED) is 0.665. The average molecular weight is 388 g/mol. The van der Waals surface area contributed by atoms with Crippen LogP contribution in [0.5, 0.6) is 0 Å². The Morgan fingerprint density at radius 2 is 1.96 bits per heavy atom. The van der Waals surface area contributed by atoms with Crippen molar-refractivity contribution in [2.24, 2.45) is 7.05 Å². The Hall–Kier alpha value is -1.60. The Balaban J connectivity index is 1.60. The van der Waals surface area contributed by atoms with Gasteiger partial charge in [-0.3, -0.25) is 4.79 Å². The summed E-state index contributed by atoms with van der Waals surface area (Å²) < 4.78 is 14.3. The van der Waals surface area contributed by atoms with Gasteiger partial charge in [0.15, 0.2) is 0 Å². The average Bonchev–Trinajstić information content (AvgIpc) is 3.14. The maximum Gasteiger partial charge on any atom is 0.250 e. The monoisotopic (exact) mass is 387 g/mol. The van der Waals surface area contributed by atoms with Crippen LogP contribution in [0.15, 0.2) is 56.4 Å². The zero-order chi connectivity index (χ0) is 18.1. The molecule has 0 atom stereocenters. The van der Waals surface area contributed by atoms with Crippen molar-refractivity contribution in [1.82, 2.24) is 4.57 Å². The summed E-state index contributed by atoms with van der Waals surface area (Å²) in [6.07, 6.45) is 1.80. The van der Waals surface area contributed by atoms with Gasteiger partial charge in [0.1, 0.15) is 5.60 Å². The second-order valence-corrected chi connectivity index (χ2v) is 8.94. The molecule has 1 aromatic carbocycles. The van der Waals surface area contributed by atoms with Crippen molar-refractivity contribution in [1.29, 1.82) is 0 Å². The van der Waals surface area contributed by atoms with E-state index in [1.165, 1.54) is 14.0 Å². The number of aryl methyl sites for hydroxylation is 1. The first-order chi connectivity index (χ1) is 12.6. The second-order valence-electron chi connectivity index (χ2n) is 6.48. The summed E-state index contributed by atoms with van der Waals surface area (Å²) in [6, 6.07) is 14.1. The Morgan fingerprint density at radius 3 is 2.73 bits per heavy atom. The van der Waals surface area contributed by atoms with Gasteiger partial charge in [-0.15, -0.1) is 11.3 Å². The lowest BCUT2D eigenvalue weighted by molar-refractivity contribution is -0.0925. The Morgan fingerprint density at radius 1 is 1.15 bits per heavy atom. The van der Waals surface area contributed by atoms with E-state index in [0.717, 1.165) is 37.0 Å². The molecule has 1 saturated heterocycles. The van der Waals surface area contributed by atoms with Crippen LogP contribution in [0.2, 0.25) is 0 Å². The topological polar surface area (TPSA) is 40.5 Å². The fraction of sp³-hybridized carbons (Fsp3) is 0.350. The molecule has 3 heterocycles. The fourth-order valence-corrected chi connectivity index (χ4v) is 5.79. The Labute approximate surface area is 160 Å². The first kappa shape index (κ1) is 17.8. The predicted molar refractivity (Wildman–Crippen MR) is 106 cm³/mol. The molecule has 26 heavy (non-hydrogen) atoms. The van der Waals surface area contributed by atoms with Crippen molar-refractivity contribution in [3.63, 3.8) is 0 Å². The normalized spacial score (nSPS) is 16.8. The molecular weight excluding hydrogens is 366 g/mol. The number of methoxy groups -OCH3 is 1. The van der Waals surface area contributed by atoms with Crippen molar-refractivity contribution in [2.45, 2.75) is 27.5 Å². The second kappa shape index (κ2) is 7.19. The highest BCUT2D eigenvalue weighted by Gasteiger charge is 2.35. The molecule has 0 bridgehead atoms. The van der Waals surface area contributed by atoms with Crippen LogP contribution in [0.4, 0.5) is 0 Å². The number of thiophene rings is 1. The van der Waals surface area contributed by atoms with Crippen LogP contribution in [0, 0.1) is 0 Å². The lowest BCUT2D eigenvalue weighted by atomic mass is 9.92. The Bertz CT molecular complexity index is 986. The van der Waals surface area contributed by atoms with Crippen LogP contribution >= 0.6 is 23.1 Å². The highest BCUT2D eigenvalue weighted by atomic mass is 32.2. The molecule has 4 rings (SSSR count). The number of benzene rings is 1. The molecule has 1 aliphatic heterocycles. The summed E-state index contributed by atoms with van der Waals surface area (Å²) in [7, 11) is 3.60. The van der Waals surface area contributed by atoms with Gasteiger partial charge in [0.05, 0.1) is 9.73 Å². The molecule has 0 saturated carbocycles. The Kier molecular flexibility index (Phi) is 4.92.